The summed E-state index contributed by atoms with van der Waals surface area (Å²) in [6.45, 7) is 1.78. The highest BCUT2D eigenvalue weighted by Crippen LogP contribution is 2.20. The zero-order valence-electron chi connectivity index (χ0n) is 11.8. The molecule has 0 saturated carbocycles. The number of benzene rings is 2. The Morgan fingerprint density at radius 3 is 2.36 bits per heavy atom. The van der Waals surface area contributed by atoms with E-state index < -0.39 is 0 Å². The topological polar surface area (TPSA) is 59.9 Å². The van der Waals surface area contributed by atoms with Crippen LogP contribution in [0.15, 0.2) is 54.6 Å². The Kier molecular flexibility index (Phi) is 4.16. The van der Waals surface area contributed by atoms with Crippen molar-refractivity contribution in [3.63, 3.8) is 0 Å². The van der Waals surface area contributed by atoms with Gasteiger partial charge in [0.1, 0.15) is 11.6 Å². The maximum absolute atomic E-state index is 5.87. The van der Waals surface area contributed by atoms with Gasteiger partial charge < -0.3 is 10.1 Å². The second-order valence-electron chi connectivity index (χ2n) is 4.54. The Hall–Kier alpha value is -2.66. The van der Waals surface area contributed by atoms with Crippen LogP contribution in [-0.2, 0) is 0 Å². The molecule has 0 aliphatic rings. The molecule has 0 spiro atoms. The normalized spacial score (nSPS) is 10.3. The molecule has 6 heteroatoms. The lowest BCUT2D eigenvalue weighted by Gasteiger charge is -2.08. The molecule has 0 fully saturated rings. The van der Waals surface area contributed by atoms with Crippen molar-refractivity contribution < 1.29 is 4.74 Å². The molecule has 0 aliphatic carbocycles. The van der Waals surface area contributed by atoms with E-state index in [1.165, 1.54) is 0 Å². The Morgan fingerprint density at radius 2 is 1.64 bits per heavy atom. The van der Waals surface area contributed by atoms with Crippen molar-refractivity contribution in [2.75, 3.05) is 5.32 Å². The zero-order chi connectivity index (χ0) is 15.4. The van der Waals surface area contributed by atoms with Gasteiger partial charge in [-0.2, -0.15) is 15.0 Å². The molecule has 110 valence electrons. The summed E-state index contributed by atoms with van der Waals surface area (Å²) >= 11 is 5.87. The van der Waals surface area contributed by atoms with Crippen LogP contribution in [-0.4, -0.2) is 15.0 Å². The highest BCUT2D eigenvalue weighted by atomic mass is 35.5. The van der Waals surface area contributed by atoms with Gasteiger partial charge in [0.25, 0.3) is 0 Å². The van der Waals surface area contributed by atoms with Gasteiger partial charge in [-0.15, -0.1) is 0 Å². The Morgan fingerprint density at radius 1 is 0.909 bits per heavy atom. The summed E-state index contributed by atoms with van der Waals surface area (Å²) < 4.78 is 5.63. The lowest BCUT2D eigenvalue weighted by molar-refractivity contribution is 0.438. The molecule has 0 saturated heterocycles. The van der Waals surface area contributed by atoms with E-state index in [2.05, 4.69) is 20.3 Å². The van der Waals surface area contributed by atoms with E-state index in [0.717, 1.165) is 5.69 Å². The number of nitrogens with zero attached hydrogens (tertiary/aromatic N) is 3. The predicted molar refractivity (Wildman–Crippen MR) is 85.8 cm³/mol. The van der Waals surface area contributed by atoms with Crippen molar-refractivity contribution in [1.82, 2.24) is 15.0 Å². The first-order chi connectivity index (χ1) is 10.7. The summed E-state index contributed by atoms with van der Waals surface area (Å²) in [4.78, 5) is 12.7. The molecule has 22 heavy (non-hydrogen) atoms. The van der Waals surface area contributed by atoms with Crippen LogP contribution in [0, 0.1) is 6.92 Å². The van der Waals surface area contributed by atoms with Gasteiger partial charge in [0.05, 0.1) is 0 Å². The van der Waals surface area contributed by atoms with E-state index >= 15 is 0 Å². The molecular weight excluding hydrogens is 300 g/mol. The van der Waals surface area contributed by atoms with Crippen molar-refractivity contribution in [3.05, 3.63) is 65.4 Å². The third kappa shape index (κ3) is 3.71. The van der Waals surface area contributed by atoms with E-state index in [9.17, 15) is 0 Å². The molecule has 3 aromatic rings. The van der Waals surface area contributed by atoms with Gasteiger partial charge in [-0.05, 0) is 43.3 Å². The zero-order valence-corrected chi connectivity index (χ0v) is 12.6. The molecular formula is C16H13ClN4O. The molecule has 0 unspecified atom stereocenters. The van der Waals surface area contributed by atoms with Crippen LogP contribution in [0.25, 0.3) is 0 Å². The molecule has 1 aromatic heterocycles. The minimum absolute atomic E-state index is 0.246. The number of anilines is 2. The number of aryl methyl sites for hydroxylation is 1. The first-order valence-corrected chi connectivity index (χ1v) is 7.05. The fourth-order valence-corrected chi connectivity index (χ4v) is 1.94. The van der Waals surface area contributed by atoms with Crippen molar-refractivity contribution >= 4 is 23.2 Å². The van der Waals surface area contributed by atoms with Gasteiger partial charge in [0.15, 0.2) is 0 Å². The van der Waals surface area contributed by atoms with Crippen LogP contribution >= 0.6 is 11.6 Å². The van der Waals surface area contributed by atoms with E-state index in [0.29, 0.717) is 22.5 Å². The average molecular weight is 313 g/mol. The molecule has 1 heterocycles. The number of rotatable bonds is 4. The number of aromatic nitrogens is 3. The molecule has 2 aromatic carbocycles. The quantitative estimate of drug-likeness (QED) is 0.775. The number of hydrogen-bond acceptors (Lipinski definition) is 5. The van der Waals surface area contributed by atoms with Gasteiger partial charge >= 0.3 is 6.01 Å². The monoisotopic (exact) mass is 312 g/mol. The first kappa shape index (κ1) is 14.3. The lowest BCUT2D eigenvalue weighted by Crippen LogP contribution is -2.03. The number of para-hydroxylation sites is 1. The van der Waals surface area contributed by atoms with Crippen LogP contribution in [0.4, 0.5) is 11.6 Å². The van der Waals surface area contributed by atoms with E-state index in [1.807, 2.05) is 42.5 Å². The van der Waals surface area contributed by atoms with Crippen LogP contribution < -0.4 is 10.1 Å². The predicted octanol–water partition coefficient (Wildman–Crippen LogP) is 4.37. The van der Waals surface area contributed by atoms with Crippen molar-refractivity contribution in [3.8, 4) is 11.8 Å². The molecule has 3 rings (SSSR count). The average Bonchev–Trinajstić information content (AvgIpc) is 2.50. The SMILES string of the molecule is Cc1nc(Nc2ccc(Cl)cc2)nc(Oc2ccccc2)n1. The fourth-order valence-electron chi connectivity index (χ4n) is 1.82. The number of hydrogen-bond donors (Lipinski definition) is 1. The Balaban J connectivity index is 1.82. The van der Waals surface area contributed by atoms with Crippen molar-refractivity contribution in [1.29, 1.82) is 0 Å². The van der Waals surface area contributed by atoms with Crippen LogP contribution in [0.1, 0.15) is 5.82 Å². The number of nitrogens with one attached hydrogen (secondary N) is 1. The smallest absolute Gasteiger partial charge is 0.327 e. The molecule has 5 nitrogen and oxygen atoms in total. The summed E-state index contributed by atoms with van der Waals surface area (Å²) in [5, 5.41) is 3.77. The summed E-state index contributed by atoms with van der Waals surface area (Å²) in [5.41, 5.74) is 0.834. The summed E-state index contributed by atoms with van der Waals surface area (Å²) in [5.74, 6) is 1.66. The summed E-state index contributed by atoms with van der Waals surface area (Å²) in [6, 6.07) is 16.9. The standard InChI is InChI=1S/C16H13ClN4O/c1-11-18-15(20-13-9-7-12(17)8-10-13)21-16(19-11)22-14-5-3-2-4-6-14/h2-10H,1H3,(H,18,19,20,21). The summed E-state index contributed by atoms with van der Waals surface area (Å²) in [6.07, 6.45) is 0. The fraction of sp³-hybridized carbons (Fsp3) is 0.0625. The lowest BCUT2D eigenvalue weighted by atomic mass is 10.3. The highest BCUT2D eigenvalue weighted by Gasteiger charge is 2.06. The van der Waals surface area contributed by atoms with Crippen LogP contribution in [0.2, 0.25) is 5.02 Å². The molecule has 0 amide bonds. The van der Waals surface area contributed by atoms with Crippen LogP contribution in [0.5, 0.6) is 11.8 Å². The maximum Gasteiger partial charge on any atom is 0.327 e. The third-order valence-corrected chi connectivity index (χ3v) is 3.03. The second kappa shape index (κ2) is 6.41. The van der Waals surface area contributed by atoms with Gasteiger partial charge in [-0.25, -0.2) is 0 Å². The highest BCUT2D eigenvalue weighted by molar-refractivity contribution is 6.30. The molecule has 0 aliphatic heterocycles. The van der Waals surface area contributed by atoms with Gasteiger partial charge in [0, 0.05) is 10.7 Å². The summed E-state index contributed by atoms with van der Waals surface area (Å²) in [7, 11) is 0. The number of ether oxygens (including phenoxy) is 1. The molecule has 0 radical (unpaired) electrons. The van der Waals surface area contributed by atoms with Crippen molar-refractivity contribution in [2.24, 2.45) is 0 Å². The number of halogens is 1. The van der Waals surface area contributed by atoms with Gasteiger partial charge in [-0.1, -0.05) is 29.8 Å². The minimum Gasteiger partial charge on any atom is -0.424 e. The Labute approximate surface area is 133 Å². The van der Waals surface area contributed by atoms with E-state index in [4.69, 9.17) is 16.3 Å². The van der Waals surface area contributed by atoms with Gasteiger partial charge in [-0.3, -0.25) is 0 Å². The largest absolute Gasteiger partial charge is 0.424 e. The van der Waals surface area contributed by atoms with Gasteiger partial charge in [0.2, 0.25) is 5.95 Å². The Bertz CT molecular complexity index is 763. The molecule has 1 N–H and O–H groups in total. The second-order valence-corrected chi connectivity index (χ2v) is 4.97. The van der Waals surface area contributed by atoms with E-state index in [-0.39, 0.29) is 6.01 Å². The third-order valence-electron chi connectivity index (χ3n) is 2.78. The van der Waals surface area contributed by atoms with Crippen LogP contribution in [0.3, 0.4) is 0 Å². The van der Waals surface area contributed by atoms with E-state index in [1.54, 1.807) is 19.1 Å². The molecule has 0 atom stereocenters. The maximum atomic E-state index is 5.87. The molecule has 0 bridgehead atoms. The first-order valence-electron chi connectivity index (χ1n) is 6.67. The minimum atomic E-state index is 0.246. The van der Waals surface area contributed by atoms with Crippen molar-refractivity contribution in [2.45, 2.75) is 6.92 Å².